The molecule has 3 aromatic rings. The predicted molar refractivity (Wildman–Crippen MR) is 88.0 cm³/mol. The van der Waals surface area contributed by atoms with Crippen LogP contribution in [0.5, 0.6) is 0 Å². The monoisotopic (exact) mass is 363 g/mol. The Labute approximate surface area is 146 Å². The molecule has 0 atom stereocenters. The number of aryl methyl sites for hydroxylation is 1. The highest BCUT2D eigenvalue weighted by Gasteiger charge is 2.39. The lowest BCUT2D eigenvalue weighted by Gasteiger charge is -2.12. The minimum absolute atomic E-state index is 0.194. The Morgan fingerprint density at radius 3 is 2.31 bits per heavy atom. The maximum Gasteiger partial charge on any atom is 0.435 e. The van der Waals surface area contributed by atoms with E-state index in [2.05, 4.69) is 10.4 Å². The van der Waals surface area contributed by atoms with Crippen molar-refractivity contribution in [2.75, 3.05) is 5.32 Å². The number of benzene rings is 2. The summed E-state index contributed by atoms with van der Waals surface area (Å²) in [6.07, 6.45) is -3.77. The maximum atomic E-state index is 14.1. The number of hydrogen-bond acceptors (Lipinski definition) is 2. The van der Waals surface area contributed by atoms with Crippen molar-refractivity contribution in [1.82, 2.24) is 9.78 Å². The molecule has 0 unspecified atom stereocenters. The van der Waals surface area contributed by atoms with Crippen LogP contribution in [0.3, 0.4) is 0 Å². The molecule has 0 aliphatic rings. The quantitative estimate of drug-likeness (QED) is 0.697. The van der Waals surface area contributed by atoms with E-state index in [1.54, 1.807) is 24.3 Å². The van der Waals surface area contributed by atoms with E-state index in [4.69, 9.17) is 0 Å². The molecule has 0 aliphatic carbocycles. The molecule has 134 valence electrons. The van der Waals surface area contributed by atoms with Crippen molar-refractivity contribution in [2.45, 2.75) is 6.18 Å². The lowest BCUT2D eigenvalue weighted by Crippen LogP contribution is -2.18. The van der Waals surface area contributed by atoms with Crippen molar-refractivity contribution >= 4 is 11.6 Å². The van der Waals surface area contributed by atoms with E-state index in [-0.39, 0.29) is 11.3 Å². The number of nitrogens with one attached hydrogen (secondary N) is 1. The summed E-state index contributed by atoms with van der Waals surface area (Å²) in [5.74, 6) is -1.49. The molecular formula is C18H13F4N3O. The molecule has 0 saturated carbocycles. The van der Waals surface area contributed by atoms with E-state index >= 15 is 0 Å². The Balaban J connectivity index is 1.99. The van der Waals surface area contributed by atoms with Crippen LogP contribution in [0.15, 0.2) is 54.7 Å². The van der Waals surface area contributed by atoms with Crippen LogP contribution in [0.2, 0.25) is 0 Å². The number of alkyl halides is 3. The number of halogens is 4. The number of rotatable bonds is 3. The van der Waals surface area contributed by atoms with Crippen LogP contribution in [0.1, 0.15) is 16.1 Å². The number of amides is 1. The van der Waals surface area contributed by atoms with Crippen LogP contribution >= 0.6 is 0 Å². The fourth-order valence-corrected chi connectivity index (χ4v) is 2.56. The second-order valence-electron chi connectivity index (χ2n) is 5.54. The normalized spacial score (nSPS) is 11.4. The number of carbonyl (C=O) groups excluding carboxylic acids is 1. The zero-order chi connectivity index (χ0) is 18.9. The zero-order valence-corrected chi connectivity index (χ0v) is 13.5. The second-order valence-corrected chi connectivity index (χ2v) is 5.54. The van der Waals surface area contributed by atoms with Crippen molar-refractivity contribution < 1.29 is 22.4 Å². The summed E-state index contributed by atoms with van der Waals surface area (Å²) in [5.41, 5.74) is -1.11. The van der Waals surface area contributed by atoms with Gasteiger partial charge in [-0.2, -0.15) is 18.3 Å². The van der Waals surface area contributed by atoms with Gasteiger partial charge < -0.3 is 5.32 Å². The molecule has 1 heterocycles. The van der Waals surface area contributed by atoms with E-state index in [9.17, 15) is 22.4 Å². The van der Waals surface area contributed by atoms with E-state index < -0.39 is 29.2 Å². The van der Waals surface area contributed by atoms with Gasteiger partial charge in [0.25, 0.3) is 5.91 Å². The summed E-state index contributed by atoms with van der Waals surface area (Å²) in [6, 6.07) is 12.2. The molecule has 8 heteroatoms. The van der Waals surface area contributed by atoms with Crippen LogP contribution in [-0.2, 0) is 13.2 Å². The summed E-state index contributed by atoms with van der Waals surface area (Å²) in [4.78, 5) is 12.4. The average Bonchev–Trinajstić information content (AvgIpc) is 2.98. The maximum absolute atomic E-state index is 14.1. The van der Waals surface area contributed by atoms with Crippen LogP contribution in [0, 0.1) is 5.82 Å². The van der Waals surface area contributed by atoms with E-state index in [0.29, 0.717) is 5.56 Å². The lowest BCUT2D eigenvalue weighted by molar-refractivity contribution is -0.141. The van der Waals surface area contributed by atoms with Gasteiger partial charge in [0.15, 0.2) is 5.69 Å². The Kier molecular flexibility index (Phi) is 4.50. The van der Waals surface area contributed by atoms with Gasteiger partial charge in [-0.25, -0.2) is 4.39 Å². The Hall–Kier alpha value is -3.16. The first-order valence-corrected chi connectivity index (χ1v) is 7.53. The van der Waals surface area contributed by atoms with Crippen molar-refractivity contribution in [3.05, 3.63) is 71.8 Å². The molecule has 4 nitrogen and oxygen atoms in total. The number of anilines is 1. The van der Waals surface area contributed by atoms with Crippen molar-refractivity contribution in [1.29, 1.82) is 0 Å². The number of para-hydroxylation sites is 1. The van der Waals surface area contributed by atoms with E-state index in [0.717, 1.165) is 10.9 Å². The van der Waals surface area contributed by atoms with Gasteiger partial charge in [-0.3, -0.25) is 9.48 Å². The molecule has 0 aliphatic heterocycles. The topological polar surface area (TPSA) is 46.9 Å². The van der Waals surface area contributed by atoms with Gasteiger partial charge in [0.05, 0.1) is 5.56 Å². The smallest absolute Gasteiger partial charge is 0.321 e. The minimum atomic E-state index is -4.76. The number of carbonyl (C=O) groups is 1. The summed E-state index contributed by atoms with van der Waals surface area (Å²) in [5, 5.41) is 5.73. The molecule has 3 rings (SSSR count). The summed E-state index contributed by atoms with van der Waals surface area (Å²) >= 11 is 0. The lowest BCUT2D eigenvalue weighted by atomic mass is 10.0. The van der Waals surface area contributed by atoms with Crippen molar-refractivity contribution in [3.8, 4) is 11.1 Å². The summed E-state index contributed by atoms with van der Waals surface area (Å²) in [7, 11) is 1.29. The van der Waals surface area contributed by atoms with Crippen LogP contribution in [0.4, 0.5) is 23.2 Å². The third kappa shape index (κ3) is 3.44. The molecule has 26 heavy (non-hydrogen) atoms. The molecule has 0 fully saturated rings. The molecule has 1 N–H and O–H groups in total. The highest BCUT2D eigenvalue weighted by molar-refractivity contribution is 6.07. The van der Waals surface area contributed by atoms with Crippen LogP contribution < -0.4 is 5.32 Å². The molecule has 1 amide bonds. The summed E-state index contributed by atoms with van der Waals surface area (Å²) < 4.78 is 54.1. The molecule has 2 aromatic carbocycles. The van der Waals surface area contributed by atoms with Gasteiger partial charge in [-0.1, -0.05) is 36.4 Å². The molecule has 0 bridgehead atoms. The van der Waals surface area contributed by atoms with Gasteiger partial charge >= 0.3 is 6.18 Å². The third-order valence-electron chi connectivity index (χ3n) is 3.68. The van der Waals surface area contributed by atoms with Crippen LogP contribution in [0.25, 0.3) is 11.1 Å². The van der Waals surface area contributed by atoms with Crippen LogP contribution in [-0.4, -0.2) is 15.7 Å². The van der Waals surface area contributed by atoms with Gasteiger partial charge in [0.1, 0.15) is 5.82 Å². The summed E-state index contributed by atoms with van der Waals surface area (Å²) in [6.45, 7) is 0. The Bertz CT molecular complexity index is 963. The average molecular weight is 363 g/mol. The van der Waals surface area contributed by atoms with E-state index in [1.165, 1.54) is 31.3 Å². The molecule has 0 saturated heterocycles. The highest BCUT2D eigenvalue weighted by Crippen LogP contribution is 2.33. The van der Waals surface area contributed by atoms with Gasteiger partial charge in [-0.05, 0) is 12.1 Å². The Morgan fingerprint density at radius 2 is 1.65 bits per heavy atom. The first kappa shape index (κ1) is 17.7. The van der Waals surface area contributed by atoms with E-state index in [1.807, 2.05) is 0 Å². The predicted octanol–water partition coefficient (Wildman–Crippen LogP) is 4.50. The standard InChI is InChI=1S/C18H13F4N3O/c1-25-10-13(16(24-25)18(20,21)22)17(26)23-15-9-5-3-7-12(15)11-6-2-4-8-14(11)19/h2-10H,1H3,(H,23,26). The Morgan fingerprint density at radius 1 is 1.04 bits per heavy atom. The van der Waals surface area contributed by atoms with Crippen molar-refractivity contribution in [3.63, 3.8) is 0 Å². The van der Waals surface area contributed by atoms with Crippen molar-refractivity contribution in [2.24, 2.45) is 7.05 Å². The fourth-order valence-electron chi connectivity index (χ4n) is 2.56. The number of aromatic nitrogens is 2. The highest BCUT2D eigenvalue weighted by atomic mass is 19.4. The minimum Gasteiger partial charge on any atom is -0.321 e. The molecule has 0 radical (unpaired) electrons. The first-order chi connectivity index (χ1) is 12.3. The third-order valence-corrected chi connectivity index (χ3v) is 3.68. The van der Waals surface area contributed by atoms with Gasteiger partial charge in [-0.15, -0.1) is 0 Å². The molecule has 0 spiro atoms. The second kappa shape index (κ2) is 6.62. The number of nitrogens with zero attached hydrogens (tertiary/aromatic N) is 2. The molecular weight excluding hydrogens is 350 g/mol. The number of hydrogen-bond donors (Lipinski definition) is 1. The zero-order valence-electron chi connectivity index (χ0n) is 13.5. The first-order valence-electron chi connectivity index (χ1n) is 7.53. The van der Waals surface area contributed by atoms with Gasteiger partial charge in [0, 0.05) is 30.1 Å². The van der Waals surface area contributed by atoms with Gasteiger partial charge in [0.2, 0.25) is 0 Å². The fraction of sp³-hybridized carbons (Fsp3) is 0.111. The molecule has 1 aromatic heterocycles. The SMILES string of the molecule is Cn1cc(C(=O)Nc2ccccc2-c2ccccc2F)c(C(F)(F)F)n1. The largest absolute Gasteiger partial charge is 0.435 e.